The molecule has 740 valence electrons. The quantitative estimate of drug-likeness (QED) is 0.0751. The van der Waals surface area contributed by atoms with Crippen molar-refractivity contribution in [1.29, 1.82) is 0 Å². The van der Waals surface area contributed by atoms with Crippen LogP contribution in [0.2, 0.25) is 0 Å². The average molecular weight is 2190 g/mol. The molecule has 14 heteroatoms. The summed E-state index contributed by atoms with van der Waals surface area (Å²) in [5.74, 6) is 0. The van der Waals surface area contributed by atoms with Gasteiger partial charge in [-0.3, -0.25) is 0 Å². The summed E-state index contributed by atoms with van der Waals surface area (Å²) in [6, 6.07) is 172. The maximum atomic E-state index is 2.78. The van der Waals surface area contributed by atoms with Gasteiger partial charge < -0.3 is 0 Å². The monoisotopic (exact) mass is 2180 g/mol. The lowest BCUT2D eigenvalue weighted by atomic mass is 9.95. The van der Waals surface area contributed by atoms with Crippen molar-refractivity contribution in [3.8, 4) is 156 Å². The van der Waals surface area contributed by atoms with Crippen molar-refractivity contribution >= 4 is 182 Å². The van der Waals surface area contributed by atoms with E-state index in [1.807, 2.05) is 0 Å². The van der Waals surface area contributed by atoms with Gasteiger partial charge in [-0.25, -0.2) is 0 Å². The van der Waals surface area contributed by atoms with Gasteiger partial charge in [-0.15, -0.1) is 129 Å². The molecule has 0 radical (unpaired) electrons. The van der Waals surface area contributed by atoms with Crippen LogP contribution < -0.4 is 53.0 Å². The first-order valence-corrected chi connectivity index (χ1v) is 58.8. The van der Waals surface area contributed by atoms with Gasteiger partial charge in [0, 0.05) is 0 Å². The Balaban J connectivity index is 0.000000130. The molecule has 0 spiro atoms. The Morgan fingerprint density at radius 1 is 0.107 bits per heavy atom. The van der Waals surface area contributed by atoms with E-state index < -0.39 is 0 Å². The summed E-state index contributed by atoms with van der Waals surface area (Å²) in [7, 11) is 38.3. The zero-order valence-corrected chi connectivity index (χ0v) is 101. The smallest absolute Gasteiger partial charge is 0.0128 e. The first-order valence-electron chi connectivity index (χ1n) is 49.8. The minimum absolute atomic E-state index is 1.00. The van der Waals surface area contributed by atoms with E-state index in [1.165, 1.54) is 259 Å². The Bertz CT molecular complexity index is 7840. The molecule has 149 heavy (non-hydrogen) atoms. The molecule has 0 aromatic heterocycles. The molecule has 0 heterocycles. The van der Waals surface area contributed by atoms with Crippen LogP contribution in [0, 0.1) is 34.6 Å². The summed E-state index contributed by atoms with van der Waals surface area (Å²) in [5.41, 5.74) is 47.5. The third kappa shape index (κ3) is 32.6. The lowest BCUT2D eigenvalue weighted by Gasteiger charge is -2.10. The van der Waals surface area contributed by atoms with Gasteiger partial charge in [0.05, 0.1) is 0 Å². The van der Waals surface area contributed by atoms with Crippen LogP contribution >= 0.6 is 129 Å². The van der Waals surface area contributed by atoms with Crippen molar-refractivity contribution in [3.63, 3.8) is 0 Å². The molecule has 0 N–H and O–H groups in total. The fourth-order valence-electron chi connectivity index (χ4n) is 17.6. The van der Waals surface area contributed by atoms with Crippen molar-refractivity contribution in [2.45, 2.75) is 59.3 Å². The van der Waals surface area contributed by atoms with Crippen molar-refractivity contribution in [3.05, 3.63) is 529 Å². The van der Waals surface area contributed by atoms with Crippen LogP contribution in [0.25, 0.3) is 156 Å². The minimum atomic E-state index is 1.00. The van der Waals surface area contributed by atoms with Crippen LogP contribution in [0.5, 0.6) is 0 Å². The van der Waals surface area contributed by atoms with Crippen molar-refractivity contribution in [1.82, 2.24) is 0 Å². The molecule has 0 amide bonds. The standard InChI is InChI=1S/3C20H20P2.3C19H18P2.C18H16P2/c1-14-12-15(13-21)2-11-20(14)18-5-3-16(4-6-18)17-7-9-19(22)10-8-17;1-14-12-18(16-6-9-19(22)10-7-16)8-11-20(14)17-4-2-15(13-21)3-5-17;1-14-12-18(16-4-2-15(13-21)3-5-16)8-11-20(14)17-6-9-19(22)10-7-17;1-13-12-16(14-2-7-17(20)8-3-14)6-11-19(13)15-4-9-18(21)10-5-15;1-13-12-18(21)10-11-19(13)16-4-2-14(3-5-16)15-6-8-17(20)9-7-15;20-13-14-1-3-15(4-2-14)16-5-7-17(8-6-16)18-9-11-19(21)12-10-18;19-17-9-5-15(6-10-17)13-1-2-14(4-3-13)16-7-11-18(20)12-8-16/h3*2-12H,13,21-22H2,1H3;2*2-12H,20-21H2,1H3;1-12H,13,20-21H2;1-12H,19-20H2. The molecule has 21 aromatic carbocycles. The van der Waals surface area contributed by atoms with Gasteiger partial charge in [-0.05, 0) is 318 Å². The average Bonchev–Trinajstić information content (AvgIpc) is 0.819. The SMILES string of the molecule is Cc1cc(-c2ccc(CP)cc2)ccc1-c1ccc(P)cc1.Cc1cc(-c2ccc(P)cc2)ccc1-c1ccc(CP)cc1.Cc1cc(-c2ccc(P)cc2)ccc1-c1ccc(P)cc1.Cc1cc(CP)ccc1-c1ccc(-c2ccc(P)cc2)cc1.Cc1cc(P)ccc1-c1ccc(-c2ccc(P)cc2)cc1.PCc1ccc(-c2ccc(-c3ccc(P)cc3)cc2)cc1.Pc1ccc(-c2ccc(-c3ccc(P)cc3)cc2)cc1. The van der Waals surface area contributed by atoms with E-state index in [9.17, 15) is 0 Å². The Labute approximate surface area is 919 Å². The predicted octanol–water partition coefficient (Wildman–Crippen LogP) is 33.2. The highest BCUT2D eigenvalue weighted by Crippen LogP contribution is 2.37. The maximum Gasteiger partial charge on any atom is -0.0128 e. The Kier molecular flexibility index (Phi) is 42.6. The first-order chi connectivity index (χ1) is 72.2. The van der Waals surface area contributed by atoms with Crippen LogP contribution in [-0.4, -0.2) is 0 Å². The third-order valence-electron chi connectivity index (χ3n) is 26.3. The van der Waals surface area contributed by atoms with E-state index in [0.29, 0.717) is 0 Å². The number of aryl methyl sites for hydroxylation is 5. The topological polar surface area (TPSA) is 0 Å². The molecule has 0 aliphatic heterocycles. The number of hydrogen-bond donors (Lipinski definition) is 0. The van der Waals surface area contributed by atoms with E-state index in [4.69, 9.17) is 0 Å². The van der Waals surface area contributed by atoms with Crippen molar-refractivity contribution in [2.75, 3.05) is 0 Å². The minimum Gasteiger partial charge on any atom is -0.133 e. The van der Waals surface area contributed by atoms with Gasteiger partial charge >= 0.3 is 0 Å². The normalized spacial score (nSPS) is 10.6. The Morgan fingerprint density at radius 3 is 0.396 bits per heavy atom. The summed E-state index contributed by atoms with van der Waals surface area (Å²) in [6.07, 6.45) is 4.02. The van der Waals surface area contributed by atoms with E-state index >= 15 is 0 Å². The number of benzene rings is 21. The van der Waals surface area contributed by atoms with Gasteiger partial charge in [0.1, 0.15) is 0 Å². The summed E-state index contributed by atoms with van der Waals surface area (Å²) in [5, 5.41) is 12.1. The fourth-order valence-corrected chi connectivity index (χ4v) is 20.8. The van der Waals surface area contributed by atoms with Crippen LogP contribution in [0.3, 0.4) is 0 Å². The number of rotatable bonds is 18. The van der Waals surface area contributed by atoms with Crippen molar-refractivity contribution < 1.29 is 0 Å². The van der Waals surface area contributed by atoms with Crippen LogP contribution in [0.15, 0.2) is 479 Å². The maximum absolute atomic E-state index is 2.78. The van der Waals surface area contributed by atoms with Gasteiger partial charge in [-0.2, -0.15) is 0 Å². The van der Waals surface area contributed by atoms with Crippen LogP contribution in [0.4, 0.5) is 0 Å². The summed E-state index contributed by atoms with van der Waals surface area (Å²) < 4.78 is 0. The molecule has 0 saturated heterocycles. The van der Waals surface area contributed by atoms with E-state index in [1.54, 1.807) is 0 Å². The molecule has 14 atom stereocenters. The number of hydrogen-bond acceptors (Lipinski definition) is 0. The molecule has 0 saturated carbocycles. The molecule has 21 rings (SSSR count). The Hall–Kier alpha value is -10.4. The first kappa shape index (κ1) is 113. The molecule has 21 aromatic rings. The second-order valence-electron chi connectivity index (χ2n) is 37.1. The van der Waals surface area contributed by atoms with E-state index in [2.05, 4.69) is 643 Å². The second-order valence-corrected chi connectivity index (χ2v) is 45.4. The summed E-state index contributed by atoms with van der Waals surface area (Å²) in [4.78, 5) is 0. The van der Waals surface area contributed by atoms with Gasteiger partial charge in [0.15, 0.2) is 0 Å². The van der Waals surface area contributed by atoms with Gasteiger partial charge in [-0.1, -0.05) is 479 Å². The molecular formula is C135H130P14. The van der Waals surface area contributed by atoms with Crippen LogP contribution in [-0.2, 0) is 24.6 Å². The van der Waals surface area contributed by atoms with Gasteiger partial charge in [0.25, 0.3) is 0 Å². The molecule has 0 fully saturated rings. The van der Waals surface area contributed by atoms with Crippen molar-refractivity contribution in [2.24, 2.45) is 0 Å². The fraction of sp³-hybridized carbons (Fsp3) is 0.0667. The molecule has 0 aliphatic carbocycles. The lowest BCUT2D eigenvalue weighted by Crippen LogP contribution is -1.93. The van der Waals surface area contributed by atoms with Crippen LogP contribution in [0.1, 0.15) is 50.1 Å². The second kappa shape index (κ2) is 56.3. The summed E-state index contributed by atoms with van der Waals surface area (Å²) >= 11 is 0. The molecular weight excluding hydrogens is 2060 g/mol. The lowest BCUT2D eigenvalue weighted by molar-refractivity contribution is 1.35. The molecule has 0 bridgehead atoms. The molecule has 14 unspecified atom stereocenters. The van der Waals surface area contributed by atoms with E-state index in [-0.39, 0.29) is 0 Å². The van der Waals surface area contributed by atoms with E-state index in [0.717, 1.165) is 24.6 Å². The molecule has 0 aliphatic rings. The zero-order valence-electron chi connectivity index (χ0n) is 85.0. The Morgan fingerprint density at radius 2 is 0.221 bits per heavy atom. The predicted molar refractivity (Wildman–Crippen MR) is 712 cm³/mol. The third-order valence-corrected chi connectivity index (χ3v) is 32.0. The summed E-state index contributed by atoms with van der Waals surface area (Å²) in [6.45, 7) is 10.9. The molecule has 0 nitrogen and oxygen atoms in total. The largest absolute Gasteiger partial charge is 0.133 e. The highest BCUT2D eigenvalue weighted by Gasteiger charge is 2.14. The highest BCUT2D eigenvalue weighted by atomic mass is 31.0. The zero-order chi connectivity index (χ0) is 105. The highest BCUT2D eigenvalue weighted by molar-refractivity contribution is 7.29. The van der Waals surface area contributed by atoms with Gasteiger partial charge in [0.2, 0.25) is 0 Å².